The zero-order valence-corrected chi connectivity index (χ0v) is 27.0. The number of hydrogen-bond acceptors (Lipinski definition) is 1. The van der Waals surface area contributed by atoms with Gasteiger partial charge in [0, 0.05) is 15.9 Å². The highest BCUT2D eigenvalue weighted by atomic mass is 31.2. The first-order chi connectivity index (χ1) is 23.9. The Bertz CT molecular complexity index is 2560. The molecule has 0 saturated heterocycles. The highest BCUT2D eigenvalue weighted by Crippen LogP contribution is 2.46. The van der Waals surface area contributed by atoms with Crippen molar-refractivity contribution in [3.05, 3.63) is 163 Å². The standard InChI is InChI=1S/C42H25F6OP/c43-41(44,45)30-14-20-33(21-15-30)50(49,34-22-16-31(17-23-34)42(46,47)48)32-18-11-28(12-19-32)39-37-24-13-26-5-1-3-7-35(26)38(37)25-29-10-9-27-6-2-4-8-36(27)40(29)39/h1-25H. The second-order valence-corrected chi connectivity index (χ2v) is 15.0. The Morgan fingerprint density at radius 3 is 1.38 bits per heavy atom. The van der Waals surface area contributed by atoms with Crippen LogP contribution >= 0.6 is 7.14 Å². The lowest BCUT2D eigenvalue weighted by atomic mass is 9.87. The van der Waals surface area contributed by atoms with Crippen LogP contribution in [0.2, 0.25) is 0 Å². The van der Waals surface area contributed by atoms with E-state index in [4.69, 9.17) is 0 Å². The van der Waals surface area contributed by atoms with Gasteiger partial charge < -0.3 is 4.57 Å². The van der Waals surface area contributed by atoms with Gasteiger partial charge in [-0.2, -0.15) is 26.3 Å². The maximum atomic E-state index is 15.2. The van der Waals surface area contributed by atoms with Crippen molar-refractivity contribution in [1.82, 2.24) is 0 Å². The van der Waals surface area contributed by atoms with Crippen LogP contribution in [0, 0.1) is 0 Å². The third kappa shape index (κ3) is 5.24. The van der Waals surface area contributed by atoms with E-state index in [2.05, 4.69) is 54.6 Å². The molecule has 0 bridgehead atoms. The minimum atomic E-state index is -4.62. The van der Waals surface area contributed by atoms with E-state index in [1.807, 2.05) is 36.4 Å². The highest BCUT2D eigenvalue weighted by molar-refractivity contribution is 7.85. The monoisotopic (exact) mass is 690 g/mol. The fourth-order valence-electron chi connectivity index (χ4n) is 6.95. The fraction of sp³-hybridized carbons (Fsp3) is 0.0476. The summed E-state index contributed by atoms with van der Waals surface area (Å²) < 4.78 is 95.9. The van der Waals surface area contributed by atoms with E-state index in [0.717, 1.165) is 103 Å². The zero-order chi connectivity index (χ0) is 34.8. The molecule has 0 aliphatic carbocycles. The summed E-state index contributed by atoms with van der Waals surface area (Å²) in [6, 6.07) is 41.8. The van der Waals surface area contributed by atoms with Crippen molar-refractivity contribution >= 4 is 66.1 Å². The van der Waals surface area contributed by atoms with Gasteiger partial charge in [0.2, 0.25) is 0 Å². The highest BCUT2D eigenvalue weighted by Gasteiger charge is 2.35. The lowest BCUT2D eigenvalue weighted by Gasteiger charge is -2.22. The molecule has 0 saturated carbocycles. The molecule has 0 amide bonds. The Morgan fingerprint density at radius 2 is 0.840 bits per heavy atom. The number of rotatable bonds is 4. The summed E-state index contributed by atoms with van der Waals surface area (Å²) in [5.74, 6) is 0. The average molecular weight is 691 g/mol. The Balaban J connectivity index is 1.36. The maximum Gasteiger partial charge on any atom is 0.416 e. The van der Waals surface area contributed by atoms with Crippen molar-refractivity contribution in [2.24, 2.45) is 0 Å². The number of fused-ring (bicyclic) bond motifs is 6. The molecule has 0 aliphatic rings. The number of hydrogen-bond donors (Lipinski definition) is 0. The van der Waals surface area contributed by atoms with E-state index in [1.54, 1.807) is 12.1 Å². The molecular formula is C42H25F6OP. The molecule has 1 nitrogen and oxygen atoms in total. The van der Waals surface area contributed by atoms with Crippen molar-refractivity contribution in [2.75, 3.05) is 0 Å². The lowest BCUT2D eigenvalue weighted by molar-refractivity contribution is -0.138. The van der Waals surface area contributed by atoms with Gasteiger partial charge in [-0.1, -0.05) is 121 Å². The minimum absolute atomic E-state index is 0.0751. The number of benzene rings is 8. The van der Waals surface area contributed by atoms with Crippen LogP contribution in [0.25, 0.3) is 54.2 Å². The van der Waals surface area contributed by atoms with E-state index < -0.39 is 30.6 Å². The van der Waals surface area contributed by atoms with Crippen molar-refractivity contribution in [2.45, 2.75) is 12.4 Å². The Hall–Kier alpha value is -5.39. The second kappa shape index (κ2) is 11.6. The molecule has 0 spiro atoms. The molecule has 0 atom stereocenters. The topological polar surface area (TPSA) is 17.1 Å². The first-order valence-corrected chi connectivity index (χ1v) is 17.5. The van der Waals surface area contributed by atoms with Crippen LogP contribution in [-0.2, 0) is 16.9 Å². The number of alkyl halides is 6. The fourth-order valence-corrected chi connectivity index (χ4v) is 9.55. The molecule has 0 aliphatic heterocycles. The molecule has 50 heavy (non-hydrogen) atoms. The van der Waals surface area contributed by atoms with Crippen molar-refractivity contribution in [1.29, 1.82) is 0 Å². The molecule has 0 N–H and O–H groups in total. The third-order valence-corrected chi connectivity index (χ3v) is 12.5. The molecule has 0 heterocycles. The van der Waals surface area contributed by atoms with Crippen LogP contribution < -0.4 is 15.9 Å². The summed E-state index contributed by atoms with van der Waals surface area (Å²) in [5.41, 5.74) is -0.0517. The molecule has 8 heteroatoms. The first kappa shape index (κ1) is 31.9. The largest absolute Gasteiger partial charge is 0.416 e. The van der Waals surface area contributed by atoms with E-state index in [0.29, 0.717) is 0 Å². The van der Waals surface area contributed by atoms with E-state index >= 15 is 4.57 Å². The number of halogens is 6. The van der Waals surface area contributed by atoms with Gasteiger partial charge in [0.1, 0.15) is 0 Å². The second-order valence-electron chi connectivity index (χ2n) is 12.3. The molecule has 8 aromatic carbocycles. The summed E-state index contributed by atoms with van der Waals surface area (Å²) in [6.45, 7) is 0. The van der Waals surface area contributed by atoms with Gasteiger partial charge in [-0.25, -0.2) is 0 Å². The normalized spacial score (nSPS) is 12.7. The van der Waals surface area contributed by atoms with E-state index in [-0.39, 0.29) is 15.9 Å². The molecule has 0 radical (unpaired) electrons. The molecule has 0 aromatic heterocycles. The van der Waals surface area contributed by atoms with Crippen LogP contribution in [0.1, 0.15) is 11.1 Å². The maximum absolute atomic E-state index is 15.2. The lowest BCUT2D eigenvalue weighted by Crippen LogP contribution is -2.25. The summed E-state index contributed by atoms with van der Waals surface area (Å²) in [5, 5.41) is 8.87. The SMILES string of the molecule is O=P(c1ccc(-c2c3ccc4ccccc4c3cc3ccc4ccccc4c23)cc1)(c1ccc(C(F)(F)F)cc1)c1ccc(C(F)(F)F)cc1. The van der Waals surface area contributed by atoms with E-state index in [1.165, 1.54) is 0 Å². The van der Waals surface area contributed by atoms with Crippen LogP contribution in [0.15, 0.2) is 152 Å². The van der Waals surface area contributed by atoms with Crippen LogP contribution in [0.5, 0.6) is 0 Å². The van der Waals surface area contributed by atoms with E-state index in [9.17, 15) is 26.3 Å². The summed E-state index contributed by atoms with van der Waals surface area (Å²) in [6.07, 6.45) is -9.23. The van der Waals surface area contributed by atoms with Crippen LogP contribution in [-0.4, -0.2) is 0 Å². The Kier molecular flexibility index (Phi) is 7.39. The minimum Gasteiger partial charge on any atom is -0.309 e. The predicted molar refractivity (Wildman–Crippen MR) is 191 cm³/mol. The molecule has 246 valence electrons. The molecule has 8 aromatic rings. The zero-order valence-electron chi connectivity index (χ0n) is 26.1. The van der Waals surface area contributed by atoms with Gasteiger partial charge in [0.15, 0.2) is 7.14 Å². The molecule has 8 rings (SSSR count). The Morgan fingerprint density at radius 1 is 0.400 bits per heavy atom. The summed E-state index contributed by atoms with van der Waals surface area (Å²) in [4.78, 5) is 0. The first-order valence-electron chi connectivity index (χ1n) is 15.8. The van der Waals surface area contributed by atoms with Gasteiger partial charge >= 0.3 is 12.4 Å². The van der Waals surface area contributed by atoms with Gasteiger partial charge in [-0.3, -0.25) is 0 Å². The third-order valence-electron chi connectivity index (χ3n) is 9.39. The van der Waals surface area contributed by atoms with Gasteiger partial charge in [-0.15, -0.1) is 0 Å². The summed E-state index contributed by atoms with van der Waals surface area (Å²) in [7, 11) is -3.93. The molecule has 0 unspecified atom stereocenters. The smallest absolute Gasteiger partial charge is 0.309 e. The van der Waals surface area contributed by atoms with Crippen molar-refractivity contribution < 1.29 is 30.9 Å². The quantitative estimate of drug-likeness (QED) is 0.0778. The molecular weight excluding hydrogens is 665 g/mol. The van der Waals surface area contributed by atoms with Crippen molar-refractivity contribution in [3.8, 4) is 11.1 Å². The average Bonchev–Trinajstić information content (AvgIpc) is 3.13. The van der Waals surface area contributed by atoms with Crippen LogP contribution in [0.3, 0.4) is 0 Å². The van der Waals surface area contributed by atoms with Crippen molar-refractivity contribution in [3.63, 3.8) is 0 Å². The van der Waals surface area contributed by atoms with Crippen LogP contribution in [0.4, 0.5) is 26.3 Å². The Labute approximate surface area is 282 Å². The van der Waals surface area contributed by atoms with Gasteiger partial charge in [0.05, 0.1) is 11.1 Å². The summed E-state index contributed by atoms with van der Waals surface area (Å²) >= 11 is 0. The van der Waals surface area contributed by atoms with Gasteiger partial charge in [0.25, 0.3) is 0 Å². The predicted octanol–water partition coefficient (Wildman–Crippen LogP) is 11.6. The van der Waals surface area contributed by atoms with Gasteiger partial charge in [-0.05, 0) is 84.5 Å². The molecule has 0 fully saturated rings.